The van der Waals surface area contributed by atoms with Gasteiger partial charge in [-0.25, -0.2) is 4.79 Å². The molecule has 0 saturated carbocycles. The zero-order chi connectivity index (χ0) is 21.4. The average Bonchev–Trinajstić information content (AvgIpc) is 2.68. The molecule has 0 saturated heterocycles. The van der Waals surface area contributed by atoms with Crippen LogP contribution in [-0.4, -0.2) is 37.8 Å². The molecule has 29 heavy (non-hydrogen) atoms. The number of ether oxygens (including phenoxy) is 3. The number of halogens is 1. The summed E-state index contributed by atoms with van der Waals surface area (Å²) in [6.45, 7) is 1.16. The van der Waals surface area contributed by atoms with Crippen molar-refractivity contribution in [3.05, 3.63) is 41.4 Å². The van der Waals surface area contributed by atoms with Crippen molar-refractivity contribution in [3.8, 4) is 11.5 Å². The van der Waals surface area contributed by atoms with Crippen LogP contribution in [0.1, 0.15) is 6.92 Å². The zero-order valence-electron chi connectivity index (χ0n) is 16.0. The first-order valence-corrected chi connectivity index (χ1v) is 9.13. The minimum atomic E-state index is -0.530. The lowest BCUT2D eigenvalue weighted by molar-refractivity contribution is -0.142. The largest absolute Gasteiger partial charge is 0.494 e. The fraction of sp³-hybridized carbons (Fsp3) is 0.211. The van der Waals surface area contributed by atoms with Gasteiger partial charge in [-0.1, -0.05) is 11.6 Å². The summed E-state index contributed by atoms with van der Waals surface area (Å²) in [5.74, 6) is 0.00865. The van der Waals surface area contributed by atoms with Crippen LogP contribution >= 0.6 is 23.8 Å². The number of amides is 1. The summed E-state index contributed by atoms with van der Waals surface area (Å²) < 4.78 is 15.2. The number of hydrogen-bond donors (Lipinski definition) is 3. The molecular formula is C19H20ClN3O5S. The second-order valence-electron chi connectivity index (χ2n) is 5.69. The predicted molar refractivity (Wildman–Crippen MR) is 116 cm³/mol. The number of rotatable bonds is 7. The van der Waals surface area contributed by atoms with Crippen molar-refractivity contribution in [2.75, 3.05) is 36.8 Å². The summed E-state index contributed by atoms with van der Waals surface area (Å²) in [4.78, 5) is 22.3. The van der Waals surface area contributed by atoms with Gasteiger partial charge < -0.3 is 30.2 Å². The van der Waals surface area contributed by atoms with Crippen molar-refractivity contribution in [2.45, 2.75) is 6.92 Å². The van der Waals surface area contributed by atoms with E-state index in [9.17, 15) is 9.59 Å². The van der Waals surface area contributed by atoms with E-state index >= 15 is 0 Å². The fourth-order valence-corrected chi connectivity index (χ4v) is 2.68. The van der Waals surface area contributed by atoms with Gasteiger partial charge in [-0.3, -0.25) is 4.79 Å². The molecule has 0 unspecified atom stereocenters. The molecule has 0 aliphatic heterocycles. The number of benzene rings is 2. The number of carbonyl (C=O) groups excluding carboxylic acids is 2. The van der Waals surface area contributed by atoms with Crippen molar-refractivity contribution in [1.82, 2.24) is 0 Å². The SMILES string of the molecule is COC(=O)COc1cc(OC)c(NC(=S)Nc2ccc(NC(C)=O)cc2)cc1Cl. The topological polar surface area (TPSA) is 97.9 Å². The Morgan fingerprint density at radius 3 is 2.17 bits per heavy atom. The third kappa shape index (κ3) is 6.81. The van der Waals surface area contributed by atoms with E-state index in [0.717, 1.165) is 5.69 Å². The van der Waals surface area contributed by atoms with Crippen molar-refractivity contribution in [1.29, 1.82) is 0 Å². The van der Waals surface area contributed by atoms with Crippen molar-refractivity contribution in [2.24, 2.45) is 0 Å². The van der Waals surface area contributed by atoms with Gasteiger partial charge in [0.2, 0.25) is 5.91 Å². The van der Waals surface area contributed by atoms with Gasteiger partial charge in [0, 0.05) is 24.4 Å². The predicted octanol–water partition coefficient (Wildman–Crippen LogP) is 3.67. The average molecular weight is 438 g/mol. The Balaban J connectivity index is 2.06. The smallest absolute Gasteiger partial charge is 0.343 e. The normalized spacial score (nSPS) is 9.93. The van der Waals surface area contributed by atoms with E-state index in [2.05, 4.69) is 20.7 Å². The van der Waals surface area contributed by atoms with Gasteiger partial charge in [0.25, 0.3) is 0 Å². The summed E-state index contributed by atoms with van der Waals surface area (Å²) in [6.07, 6.45) is 0. The lowest BCUT2D eigenvalue weighted by atomic mass is 10.2. The molecule has 2 aromatic carbocycles. The van der Waals surface area contributed by atoms with Crippen LogP contribution in [0.15, 0.2) is 36.4 Å². The Bertz CT molecular complexity index is 905. The molecule has 0 fully saturated rings. The van der Waals surface area contributed by atoms with Crippen LogP contribution in [0.25, 0.3) is 0 Å². The second kappa shape index (κ2) is 10.5. The molecule has 0 aliphatic carbocycles. The monoisotopic (exact) mass is 437 g/mol. The third-order valence-electron chi connectivity index (χ3n) is 3.54. The number of esters is 1. The van der Waals surface area contributed by atoms with Crippen LogP contribution in [0.4, 0.5) is 17.1 Å². The molecule has 3 N–H and O–H groups in total. The van der Waals surface area contributed by atoms with Crippen LogP contribution in [0.5, 0.6) is 11.5 Å². The molecule has 0 heterocycles. The van der Waals surface area contributed by atoms with Gasteiger partial charge in [0.05, 0.1) is 24.9 Å². The Labute approximate surface area is 178 Å². The second-order valence-corrected chi connectivity index (χ2v) is 6.50. The van der Waals surface area contributed by atoms with E-state index < -0.39 is 5.97 Å². The lowest BCUT2D eigenvalue weighted by Crippen LogP contribution is -2.19. The molecule has 0 radical (unpaired) electrons. The van der Waals surface area contributed by atoms with Crippen LogP contribution in [0.2, 0.25) is 5.02 Å². The van der Waals surface area contributed by atoms with E-state index in [1.54, 1.807) is 36.4 Å². The van der Waals surface area contributed by atoms with Gasteiger partial charge in [-0.2, -0.15) is 0 Å². The molecule has 8 nitrogen and oxygen atoms in total. The van der Waals surface area contributed by atoms with Gasteiger partial charge in [0.15, 0.2) is 11.7 Å². The fourth-order valence-electron chi connectivity index (χ4n) is 2.23. The molecule has 2 aromatic rings. The van der Waals surface area contributed by atoms with E-state index in [0.29, 0.717) is 22.2 Å². The van der Waals surface area contributed by atoms with Crippen LogP contribution in [0, 0.1) is 0 Å². The number of nitrogens with one attached hydrogen (secondary N) is 3. The third-order valence-corrected chi connectivity index (χ3v) is 4.04. The van der Waals surface area contributed by atoms with Crippen LogP contribution < -0.4 is 25.4 Å². The summed E-state index contributed by atoms with van der Waals surface area (Å²) in [6, 6.07) is 10.1. The minimum Gasteiger partial charge on any atom is -0.494 e. The van der Waals surface area contributed by atoms with Crippen LogP contribution in [-0.2, 0) is 14.3 Å². The standard InChI is InChI=1S/C19H20ClN3O5S/c1-11(24)21-12-4-6-13(7-5-12)22-19(29)23-15-8-14(20)16(9-17(15)26-2)28-10-18(25)27-3/h4-9H,10H2,1-3H3,(H,21,24)(H2,22,23,29). The Kier molecular flexibility index (Phi) is 8.05. The summed E-state index contributed by atoms with van der Waals surface area (Å²) >= 11 is 11.5. The molecular weight excluding hydrogens is 418 g/mol. The molecule has 0 aromatic heterocycles. The highest BCUT2D eigenvalue weighted by Gasteiger charge is 2.13. The highest BCUT2D eigenvalue weighted by molar-refractivity contribution is 7.80. The van der Waals surface area contributed by atoms with E-state index in [4.69, 9.17) is 33.3 Å². The molecule has 0 atom stereocenters. The number of carbonyl (C=O) groups is 2. The first-order chi connectivity index (χ1) is 13.8. The number of thiocarbonyl (C=S) groups is 1. The first kappa shape index (κ1) is 22.3. The molecule has 10 heteroatoms. The van der Waals surface area contributed by atoms with Crippen LogP contribution in [0.3, 0.4) is 0 Å². The summed E-state index contributed by atoms with van der Waals surface area (Å²) in [5.41, 5.74) is 1.91. The van der Waals surface area contributed by atoms with E-state index in [1.807, 2.05) is 0 Å². The van der Waals surface area contributed by atoms with Crippen molar-refractivity contribution >= 4 is 57.9 Å². The zero-order valence-corrected chi connectivity index (χ0v) is 17.6. The van der Waals surface area contributed by atoms with Crippen molar-refractivity contribution < 1.29 is 23.8 Å². The van der Waals surface area contributed by atoms with Crippen molar-refractivity contribution in [3.63, 3.8) is 0 Å². The van der Waals surface area contributed by atoms with E-state index in [1.165, 1.54) is 21.1 Å². The first-order valence-electron chi connectivity index (χ1n) is 8.35. The Morgan fingerprint density at radius 2 is 1.62 bits per heavy atom. The maximum Gasteiger partial charge on any atom is 0.343 e. The molecule has 0 bridgehead atoms. The summed E-state index contributed by atoms with van der Waals surface area (Å²) in [7, 11) is 2.75. The highest BCUT2D eigenvalue weighted by Crippen LogP contribution is 2.36. The highest BCUT2D eigenvalue weighted by atomic mass is 35.5. The molecule has 0 spiro atoms. The number of anilines is 3. The van der Waals surface area contributed by atoms with Gasteiger partial charge in [-0.15, -0.1) is 0 Å². The molecule has 1 amide bonds. The quantitative estimate of drug-likeness (QED) is 0.446. The molecule has 2 rings (SSSR count). The van der Waals surface area contributed by atoms with E-state index in [-0.39, 0.29) is 23.3 Å². The Hall–Kier alpha value is -3.04. The summed E-state index contributed by atoms with van der Waals surface area (Å²) in [5, 5.41) is 9.27. The number of hydrogen-bond acceptors (Lipinski definition) is 6. The maximum atomic E-state index is 11.2. The lowest BCUT2D eigenvalue weighted by Gasteiger charge is -2.16. The minimum absolute atomic E-state index is 0.147. The van der Waals surface area contributed by atoms with Gasteiger partial charge in [0.1, 0.15) is 11.5 Å². The molecule has 154 valence electrons. The Morgan fingerprint density at radius 1 is 1.00 bits per heavy atom. The van der Waals surface area contributed by atoms with Gasteiger partial charge >= 0.3 is 5.97 Å². The van der Waals surface area contributed by atoms with Gasteiger partial charge in [-0.05, 0) is 42.5 Å². The maximum absolute atomic E-state index is 11.2. The molecule has 0 aliphatic rings. The number of methoxy groups -OCH3 is 2.